The largest absolute Gasteiger partial charge is 0.297 e. The Hall–Kier alpha value is -2.63. The van der Waals surface area contributed by atoms with Crippen molar-refractivity contribution in [3.8, 4) is 11.4 Å². The van der Waals surface area contributed by atoms with Crippen molar-refractivity contribution in [3.63, 3.8) is 0 Å². The Morgan fingerprint density at radius 3 is 2.50 bits per heavy atom. The van der Waals surface area contributed by atoms with Gasteiger partial charge in [-0.3, -0.25) is 9.55 Å². The van der Waals surface area contributed by atoms with Crippen LogP contribution in [0, 0.1) is 0 Å². The van der Waals surface area contributed by atoms with Crippen LogP contribution < -0.4 is 0 Å². The number of thioether (sulfide) groups is 1. The van der Waals surface area contributed by atoms with Gasteiger partial charge in [0.1, 0.15) is 0 Å². The summed E-state index contributed by atoms with van der Waals surface area (Å²) in [6.07, 6.45) is 3.58. The molecule has 2 heterocycles. The first-order chi connectivity index (χ1) is 13.7. The second kappa shape index (κ2) is 8.59. The minimum Gasteiger partial charge on any atom is -0.297 e. The SMILES string of the molecule is C[C@@H](Sc1nnc(-c2cccnc2)n1Cc1ccccc1)c1ccccc1Cl. The molecule has 0 unspecified atom stereocenters. The van der Waals surface area contributed by atoms with Crippen molar-refractivity contribution >= 4 is 23.4 Å². The van der Waals surface area contributed by atoms with Gasteiger partial charge < -0.3 is 0 Å². The lowest BCUT2D eigenvalue weighted by Crippen LogP contribution is -2.05. The van der Waals surface area contributed by atoms with Crippen LogP contribution in [0.3, 0.4) is 0 Å². The Labute approximate surface area is 173 Å². The molecule has 0 spiro atoms. The highest BCUT2D eigenvalue weighted by Gasteiger charge is 2.19. The van der Waals surface area contributed by atoms with E-state index in [1.807, 2.05) is 54.7 Å². The molecule has 1 atom stereocenters. The molecule has 2 aromatic heterocycles. The first-order valence-electron chi connectivity index (χ1n) is 9.01. The lowest BCUT2D eigenvalue weighted by atomic mass is 10.2. The van der Waals surface area contributed by atoms with Crippen molar-refractivity contribution in [2.75, 3.05) is 0 Å². The summed E-state index contributed by atoms with van der Waals surface area (Å²) in [4.78, 5) is 4.23. The quantitative estimate of drug-likeness (QED) is 0.374. The highest BCUT2D eigenvalue weighted by Crippen LogP contribution is 2.38. The summed E-state index contributed by atoms with van der Waals surface area (Å²) in [6.45, 7) is 2.83. The lowest BCUT2D eigenvalue weighted by Gasteiger charge is -2.15. The number of hydrogen-bond acceptors (Lipinski definition) is 4. The molecule has 0 saturated heterocycles. The van der Waals surface area contributed by atoms with E-state index in [0.29, 0.717) is 6.54 Å². The Balaban J connectivity index is 1.70. The molecular weight excluding hydrogens is 388 g/mol. The molecule has 4 nitrogen and oxygen atoms in total. The molecule has 4 rings (SSSR count). The van der Waals surface area contributed by atoms with E-state index in [1.54, 1.807) is 18.0 Å². The number of pyridine rings is 1. The summed E-state index contributed by atoms with van der Waals surface area (Å²) in [5.74, 6) is 0.811. The molecule has 0 aliphatic heterocycles. The van der Waals surface area contributed by atoms with Crippen molar-refractivity contribution in [2.45, 2.75) is 23.9 Å². The molecule has 0 fully saturated rings. The van der Waals surface area contributed by atoms with Crippen molar-refractivity contribution in [2.24, 2.45) is 0 Å². The van der Waals surface area contributed by atoms with Crippen LogP contribution in [0.4, 0.5) is 0 Å². The molecule has 0 amide bonds. The molecule has 0 N–H and O–H groups in total. The summed E-state index contributed by atoms with van der Waals surface area (Å²) in [7, 11) is 0. The van der Waals surface area contributed by atoms with E-state index < -0.39 is 0 Å². The van der Waals surface area contributed by atoms with Crippen molar-refractivity contribution in [3.05, 3.63) is 95.3 Å². The maximum absolute atomic E-state index is 6.39. The van der Waals surface area contributed by atoms with Crippen LogP contribution in [-0.4, -0.2) is 19.7 Å². The summed E-state index contributed by atoms with van der Waals surface area (Å²) >= 11 is 8.05. The van der Waals surface area contributed by atoms with Gasteiger partial charge in [0.25, 0.3) is 0 Å². The number of rotatable bonds is 6. The van der Waals surface area contributed by atoms with Gasteiger partial charge >= 0.3 is 0 Å². The van der Waals surface area contributed by atoms with Crippen LogP contribution in [0.15, 0.2) is 84.3 Å². The van der Waals surface area contributed by atoms with E-state index in [-0.39, 0.29) is 5.25 Å². The second-order valence-electron chi connectivity index (χ2n) is 6.40. The molecule has 6 heteroatoms. The van der Waals surface area contributed by atoms with Crippen molar-refractivity contribution < 1.29 is 0 Å². The first kappa shape index (κ1) is 18.7. The van der Waals surface area contributed by atoms with E-state index in [9.17, 15) is 0 Å². The van der Waals surface area contributed by atoms with E-state index in [2.05, 4.69) is 44.9 Å². The summed E-state index contributed by atoms with van der Waals surface area (Å²) in [5, 5.41) is 10.7. The Kier molecular flexibility index (Phi) is 5.74. The van der Waals surface area contributed by atoms with Gasteiger partial charge in [-0.05, 0) is 36.2 Å². The number of halogens is 1. The van der Waals surface area contributed by atoms with E-state index in [4.69, 9.17) is 11.6 Å². The fourth-order valence-corrected chi connectivity index (χ4v) is 4.40. The van der Waals surface area contributed by atoms with Crippen LogP contribution in [0.1, 0.15) is 23.3 Å². The maximum atomic E-state index is 6.39. The van der Waals surface area contributed by atoms with Gasteiger partial charge in [0.05, 0.1) is 6.54 Å². The molecule has 0 radical (unpaired) electrons. The Morgan fingerprint density at radius 2 is 1.75 bits per heavy atom. The molecule has 0 bridgehead atoms. The normalized spacial score (nSPS) is 12.1. The van der Waals surface area contributed by atoms with Gasteiger partial charge in [-0.25, -0.2) is 0 Å². The van der Waals surface area contributed by atoms with Gasteiger partial charge in [0.15, 0.2) is 11.0 Å². The monoisotopic (exact) mass is 406 g/mol. The van der Waals surface area contributed by atoms with Gasteiger partial charge in [0, 0.05) is 28.2 Å². The zero-order chi connectivity index (χ0) is 19.3. The Bertz CT molecular complexity index is 1050. The fourth-order valence-electron chi connectivity index (χ4n) is 3.02. The molecule has 0 aliphatic carbocycles. The molecule has 140 valence electrons. The van der Waals surface area contributed by atoms with Gasteiger partial charge in [-0.15, -0.1) is 10.2 Å². The summed E-state index contributed by atoms with van der Waals surface area (Å²) < 4.78 is 2.14. The molecule has 4 aromatic rings. The third-order valence-electron chi connectivity index (χ3n) is 4.45. The van der Waals surface area contributed by atoms with Gasteiger partial charge in [-0.1, -0.05) is 71.9 Å². The molecule has 0 saturated carbocycles. The fraction of sp³-hybridized carbons (Fsp3) is 0.136. The van der Waals surface area contributed by atoms with Crippen LogP contribution in [0.5, 0.6) is 0 Å². The minimum absolute atomic E-state index is 0.147. The Morgan fingerprint density at radius 1 is 0.964 bits per heavy atom. The third kappa shape index (κ3) is 4.11. The zero-order valence-corrected chi connectivity index (χ0v) is 16.9. The molecule has 0 aliphatic rings. The molecular formula is C22H19ClN4S. The smallest absolute Gasteiger partial charge is 0.192 e. The molecule has 28 heavy (non-hydrogen) atoms. The third-order valence-corrected chi connectivity index (χ3v) is 5.91. The minimum atomic E-state index is 0.147. The summed E-state index contributed by atoms with van der Waals surface area (Å²) in [6, 6.07) is 22.2. The van der Waals surface area contributed by atoms with Crippen molar-refractivity contribution in [1.29, 1.82) is 0 Å². The average molecular weight is 407 g/mol. The predicted octanol–water partition coefficient (Wildman–Crippen LogP) is 5.90. The zero-order valence-electron chi connectivity index (χ0n) is 15.4. The van der Waals surface area contributed by atoms with Crippen LogP contribution in [0.2, 0.25) is 5.02 Å². The number of benzene rings is 2. The maximum Gasteiger partial charge on any atom is 0.192 e. The van der Waals surface area contributed by atoms with E-state index in [0.717, 1.165) is 27.1 Å². The van der Waals surface area contributed by atoms with Crippen LogP contribution >= 0.6 is 23.4 Å². The standard InChI is InChI=1S/C22H19ClN4S/c1-16(19-11-5-6-12-20(19)23)28-22-26-25-21(18-10-7-13-24-14-18)27(22)15-17-8-3-2-4-9-17/h2-14,16H,15H2,1H3/t16-/m1/s1. The van der Waals surface area contributed by atoms with Crippen LogP contribution in [0.25, 0.3) is 11.4 Å². The van der Waals surface area contributed by atoms with Gasteiger partial charge in [-0.2, -0.15) is 0 Å². The van der Waals surface area contributed by atoms with Crippen LogP contribution in [-0.2, 0) is 6.54 Å². The first-order valence-corrected chi connectivity index (χ1v) is 10.3. The van der Waals surface area contributed by atoms with E-state index in [1.165, 1.54) is 5.56 Å². The number of aromatic nitrogens is 4. The molecule has 2 aromatic carbocycles. The lowest BCUT2D eigenvalue weighted by molar-refractivity contribution is 0.712. The number of hydrogen-bond donors (Lipinski definition) is 0. The number of nitrogens with zero attached hydrogens (tertiary/aromatic N) is 4. The topological polar surface area (TPSA) is 43.6 Å². The van der Waals surface area contributed by atoms with E-state index >= 15 is 0 Å². The average Bonchev–Trinajstić information content (AvgIpc) is 3.12. The summed E-state index contributed by atoms with van der Waals surface area (Å²) in [5.41, 5.74) is 3.23. The second-order valence-corrected chi connectivity index (χ2v) is 8.12. The highest BCUT2D eigenvalue weighted by molar-refractivity contribution is 7.99. The van der Waals surface area contributed by atoms with Crippen molar-refractivity contribution in [1.82, 2.24) is 19.7 Å². The highest BCUT2D eigenvalue weighted by atomic mass is 35.5. The predicted molar refractivity (Wildman–Crippen MR) is 115 cm³/mol. The van der Waals surface area contributed by atoms with Gasteiger partial charge in [0.2, 0.25) is 0 Å².